The largest absolute Gasteiger partial charge is 0.480 e. The number of carboxylic acids is 1. The van der Waals surface area contributed by atoms with Crippen molar-refractivity contribution in [1.82, 2.24) is 4.31 Å². The number of aliphatic carboxylic acids is 1. The number of hydrogen-bond acceptors (Lipinski definition) is 5. The molecule has 3 rings (SSSR count). The lowest BCUT2D eigenvalue weighted by molar-refractivity contribution is -0.153. The number of allylic oxidation sites excluding steroid dienone is 2. The van der Waals surface area contributed by atoms with E-state index in [-0.39, 0.29) is 44.8 Å². The summed E-state index contributed by atoms with van der Waals surface area (Å²) in [7, 11) is -4.10. The summed E-state index contributed by atoms with van der Waals surface area (Å²) >= 11 is 0. The first-order valence-electron chi connectivity index (χ1n) is 8.35. The Morgan fingerprint density at radius 2 is 1.81 bits per heavy atom. The van der Waals surface area contributed by atoms with E-state index in [9.17, 15) is 27.5 Å². The molecule has 0 atom stereocenters. The average molecular weight is 398 g/mol. The molecule has 8 nitrogen and oxygen atoms in total. The van der Waals surface area contributed by atoms with Gasteiger partial charge in [0.15, 0.2) is 5.41 Å². The lowest BCUT2D eigenvalue weighted by Crippen LogP contribution is -2.41. The van der Waals surface area contributed by atoms with Crippen LogP contribution in [0, 0.1) is 11.2 Å². The Kier molecular flexibility index (Phi) is 5.31. The summed E-state index contributed by atoms with van der Waals surface area (Å²) in [4.78, 5) is 23.5. The van der Waals surface area contributed by atoms with Crippen LogP contribution in [0.25, 0.3) is 0 Å². The van der Waals surface area contributed by atoms with Gasteiger partial charge in [-0.15, -0.1) is 0 Å². The zero-order valence-electron chi connectivity index (χ0n) is 14.4. The van der Waals surface area contributed by atoms with Crippen molar-refractivity contribution in [3.8, 4) is 0 Å². The number of nitrogens with zero attached hydrogens (tertiary/aromatic N) is 1. The smallest absolute Gasteiger partial charge is 0.319 e. The highest BCUT2D eigenvalue weighted by Crippen LogP contribution is 2.35. The molecule has 2 N–H and O–H groups in total. The van der Waals surface area contributed by atoms with Crippen LogP contribution in [0.2, 0.25) is 0 Å². The van der Waals surface area contributed by atoms with Crippen LogP contribution in [0.4, 0.5) is 10.1 Å². The van der Waals surface area contributed by atoms with Gasteiger partial charge in [0.25, 0.3) is 0 Å². The van der Waals surface area contributed by atoms with E-state index in [1.165, 1.54) is 6.07 Å². The molecule has 1 aliphatic carbocycles. The van der Waals surface area contributed by atoms with Crippen molar-refractivity contribution >= 4 is 27.6 Å². The third kappa shape index (κ3) is 3.60. The van der Waals surface area contributed by atoms with Crippen molar-refractivity contribution in [3.63, 3.8) is 0 Å². The van der Waals surface area contributed by atoms with Crippen LogP contribution in [0.5, 0.6) is 0 Å². The Morgan fingerprint density at radius 3 is 2.41 bits per heavy atom. The Labute approximate surface area is 155 Å². The van der Waals surface area contributed by atoms with Gasteiger partial charge in [-0.1, -0.05) is 12.2 Å². The molecule has 146 valence electrons. The fraction of sp³-hybridized carbons (Fsp3) is 0.412. The van der Waals surface area contributed by atoms with Gasteiger partial charge in [0.1, 0.15) is 10.7 Å². The lowest BCUT2D eigenvalue weighted by Gasteiger charge is -2.26. The number of rotatable bonds is 5. The van der Waals surface area contributed by atoms with Gasteiger partial charge in [0.2, 0.25) is 15.9 Å². The number of carbonyl (C=O) groups is 2. The fourth-order valence-corrected chi connectivity index (χ4v) is 4.56. The molecular formula is C17H19FN2O6S. The molecule has 1 aromatic rings. The van der Waals surface area contributed by atoms with Crippen molar-refractivity contribution in [2.45, 2.75) is 17.7 Å². The van der Waals surface area contributed by atoms with Gasteiger partial charge < -0.3 is 15.2 Å². The van der Waals surface area contributed by atoms with Crippen LogP contribution in [-0.2, 0) is 24.3 Å². The van der Waals surface area contributed by atoms with Crippen LogP contribution >= 0.6 is 0 Å². The molecule has 1 fully saturated rings. The van der Waals surface area contributed by atoms with Crippen LogP contribution in [0.3, 0.4) is 0 Å². The van der Waals surface area contributed by atoms with Gasteiger partial charge in [0.05, 0.1) is 13.2 Å². The van der Waals surface area contributed by atoms with Crippen molar-refractivity contribution < 1.29 is 32.2 Å². The van der Waals surface area contributed by atoms with E-state index in [2.05, 4.69) is 5.32 Å². The van der Waals surface area contributed by atoms with E-state index in [0.717, 1.165) is 16.4 Å². The quantitative estimate of drug-likeness (QED) is 0.569. The molecule has 0 aromatic heterocycles. The van der Waals surface area contributed by atoms with Crippen molar-refractivity contribution in [3.05, 3.63) is 36.2 Å². The third-order valence-corrected chi connectivity index (χ3v) is 6.63. The zero-order valence-corrected chi connectivity index (χ0v) is 15.2. The number of hydrogen-bond donors (Lipinski definition) is 2. The summed E-state index contributed by atoms with van der Waals surface area (Å²) in [5.74, 6) is -3.00. The summed E-state index contributed by atoms with van der Waals surface area (Å²) in [5.41, 5.74) is -1.63. The van der Waals surface area contributed by atoms with Crippen molar-refractivity contribution in [2.24, 2.45) is 5.41 Å². The first-order chi connectivity index (χ1) is 12.8. The summed E-state index contributed by atoms with van der Waals surface area (Å²) < 4.78 is 45.8. The molecule has 1 aromatic carbocycles. The maximum absolute atomic E-state index is 14.2. The number of sulfonamides is 1. The molecule has 0 radical (unpaired) electrons. The van der Waals surface area contributed by atoms with Crippen molar-refractivity contribution in [1.29, 1.82) is 0 Å². The Bertz CT molecular complexity index is 885. The average Bonchev–Trinajstić information content (AvgIpc) is 3.15. The number of anilines is 1. The van der Waals surface area contributed by atoms with E-state index in [0.29, 0.717) is 0 Å². The van der Waals surface area contributed by atoms with Crippen LogP contribution in [0.1, 0.15) is 12.8 Å². The lowest BCUT2D eigenvalue weighted by atomic mass is 9.84. The van der Waals surface area contributed by atoms with Crippen molar-refractivity contribution in [2.75, 3.05) is 31.6 Å². The standard InChI is InChI=1S/C17H19FN2O6S/c18-13-4-3-12(19-15(21)17(16(22)23)5-1-2-6-17)11-14(13)27(24,25)20-7-9-26-10-8-20/h1-4,11H,5-10H2,(H,19,21)(H,22,23). The Hall–Kier alpha value is -2.30. The number of carboxylic acid groups (broad SMARTS) is 1. The summed E-state index contributed by atoms with van der Waals surface area (Å²) in [6.07, 6.45) is 3.28. The molecule has 1 heterocycles. The maximum Gasteiger partial charge on any atom is 0.319 e. The van der Waals surface area contributed by atoms with Gasteiger partial charge in [-0.05, 0) is 31.0 Å². The van der Waals surface area contributed by atoms with E-state index in [1.54, 1.807) is 12.2 Å². The molecule has 0 unspecified atom stereocenters. The normalized spacial score (nSPS) is 19.7. The number of morpholine rings is 1. The second-order valence-corrected chi connectivity index (χ2v) is 8.29. The number of halogens is 1. The summed E-state index contributed by atoms with van der Waals surface area (Å²) in [6.45, 7) is 0.634. The fourth-order valence-electron chi connectivity index (χ4n) is 3.07. The van der Waals surface area contributed by atoms with Crippen LogP contribution in [-0.4, -0.2) is 56.0 Å². The van der Waals surface area contributed by atoms with Gasteiger partial charge >= 0.3 is 5.97 Å². The molecule has 0 saturated carbocycles. The number of benzene rings is 1. The van der Waals surface area contributed by atoms with Crippen LogP contribution < -0.4 is 5.32 Å². The van der Waals surface area contributed by atoms with E-state index in [1.807, 2.05) is 0 Å². The third-order valence-electron chi connectivity index (χ3n) is 4.72. The zero-order chi connectivity index (χ0) is 19.7. The highest BCUT2D eigenvalue weighted by atomic mass is 32.2. The van der Waals surface area contributed by atoms with Gasteiger partial charge in [0, 0.05) is 18.8 Å². The predicted molar refractivity (Wildman–Crippen MR) is 93.1 cm³/mol. The Morgan fingerprint density at radius 1 is 1.19 bits per heavy atom. The molecule has 0 spiro atoms. The second kappa shape index (κ2) is 7.37. The summed E-state index contributed by atoms with van der Waals surface area (Å²) in [6, 6.07) is 3.14. The van der Waals surface area contributed by atoms with E-state index >= 15 is 0 Å². The minimum Gasteiger partial charge on any atom is -0.480 e. The molecule has 1 amide bonds. The molecule has 10 heteroatoms. The highest BCUT2D eigenvalue weighted by Gasteiger charge is 2.46. The summed E-state index contributed by atoms with van der Waals surface area (Å²) in [5, 5.41) is 11.8. The number of carbonyl (C=O) groups excluding carboxylic acids is 1. The molecule has 1 aliphatic heterocycles. The molecule has 1 saturated heterocycles. The highest BCUT2D eigenvalue weighted by molar-refractivity contribution is 7.89. The van der Waals surface area contributed by atoms with E-state index in [4.69, 9.17) is 4.74 Å². The topological polar surface area (TPSA) is 113 Å². The minimum atomic E-state index is -4.10. The van der Waals surface area contributed by atoms with Crippen LogP contribution in [0.15, 0.2) is 35.2 Å². The molecular weight excluding hydrogens is 379 g/mol. The van der Waals surface area contributed by atoms with Gasteiger partial charge in [-0.3, -0.25) is 9.59 Å². The maximum atomic E-state index is 14.2. The van der Waals surface area contributed by atoms with Gasteiger partial charge in [-0.25, -0.2) is 12.8 Å². The minimum absolute atomic E-state index is 0.0146. The monoisotopic (exact) mass is 398 g/mol. The number of ether oxygens (including phenoxy) is 1. The number of nitrogens with one attached hydrogen (secondary N) is 1. The Balaban J connectivity index is 1.87. The first-order valence-corrected chi connectivity index (χ1v) is 9.79. The second-order valence-electron chi connectivity index (χ2n) is 6.38. The van der Waals surface area contributed by atoms with Gasteiger partial charge in [-0.2, -0.15) is 4.31 Å². The molecule has 0 bridgehead atoms. The SMILES string of the molecule is O=C(O)C1(C(=O)Nc2ccc(F)c(S(=O)(=O)N3CCOCC3)c2)CC=CC1. The molecule has 27 heavy (non-hydrogen) atoms. The van der Waals surface area contributed by atoms with E-state index < -0.39 is 38.0 Å². The first kappa shape index (κ1) is 19.5. The molecule has 2 aliphatic rings. The number of amides is 1. The predicted octanol–water partition coefficient (Wildman–Crippen LogP) is 1.21.